The van der Waals surface area contributed by atoms with E-state index in [-0.39, 0.29) is 38.1 Å². The number of fused-ring (bicyclic) bond motifs is 1. The summed E-state index contributed by atoms with van der Waals surface area (Å²) in [6.45, 7) is 12.8. The third-order valence-corrected chi connectivity index (χ3v) is 15.0. The molecule has 2 heterocycles. The maximum Gasteiger partial charge on any atom is 0.516 e. The van der Waals surface area contributed by atoms with Gasteiger partial charge in [0, 0.05) is 34.8 Å². The lowest BCUT2D eigenvalue weighted by Crippen LogP contribution is -2.63. The van der Waals surface area contributed by atoms with E-state index in [4.69, 9.17) is 15.2 Å². The maximum atomic E-state index is 15.7. The zero-order valence-corrected chi connectivity index (χ0v) is 44.7. The van der Waals surface area contributed by atoms with Crippen LogP contribution in [0.5, 0.6) is 0 Å². The number of nitrogens with two attached hydrogens (primary N) is 1. The Morgan fingerprint density at radius 3 is 1.80 bits per heavy atom. The van der Waals surface area contributed by atoms with Gasteiger partial charge in [0.1, 0.15) is 29.8 Å². The van der Waals surface area contributed by atoms with Crippen molar-refractivity contribution in [2.45, 2.75) is 126 Å². The predicted octanol–water partition coefficient (Wildman–Crippen LogP) is 8.75. The fraction of sp³-hybridized carbons (Fsp3) is 0.367. The summed E-state index contributed by atoms with van der Waals surface area (Å²) in [7, 11) is 0. The number of aromatic amines is 1. The molecule has 0 radical (unpaired) electrons. The van der Waals surface area contributed by atoms with E-state index < -0.39 is 81.1 Å². The molecule has 6 N–H and O–H groups in total. The fourth-order valence-electron chi connectivity index (χ4n) is 9.74. The fourth-order valence-corrected chi connectivity index (χ4v) is 11.6. The van der Waals surface area contributed by atoms with Gasteiger partial charge < -0.3 is 41.0 Å². The Labute approximate surface area is 444 Å². The zero-order chi connectivity index (χ0) is 53.9. The molecule has 7 rings (SSSR count). The second kappa shape index (κ2) is 24.4. The van der Waals surface area contributed by atoms with Gasteiger partial charge in [0.25, 0.3) is 0 Å². The number of rotatable bonds is 20. The number of nitrogens with zero attached hydrogens (tertiary/aromatic N) is 1. The highest BCUT2D eigenvalue weighted by Crippen LogP contribution is 2.54. The minimum Gasteiger partial charge on any atom is -0.428 e. The number of thioether (sulfide) groups is 1. The monoisotopic (exact) mass is 1030 g/mol. The van der Waals surface area contributed by atoms with Crippen LogP contribution in [0.4, 0.5) is 4.79 Å². The van der Waals surface area contributed by atoms with Crippen LogP contribution >= 0.6 is 11.8 Å². The largest absolute Gasteiger partial charge is 0.516 e. The van der Waals surface area contributed by atoms with Crippen LogP contribution in [0.25, 0.3) is 10.9 Å². The van der Waals surface area contributed by atoms with Gasteiger partial charge in [-0.15, -0.1) is 11.8 Å². The molecule has 14 nitrogen and oxygen atoms in total. The number of carbonyl (C=O) groups is 6. The molecule has 0 unspecified atom stereocenters. The Balaban J connectivity index is 1.20. The van der Waals surface area contributed by atoms with Crippen molar-refractivity contribution in [3.8, 4) is 0 Å². The molecule has 0 saturated carbocycles. The molecule has 6 aromatic rings. The van der Waals surface area contributed by atoms with Gasteiger partial charge in [0.15, 0.2) is 0 Å². The second-order valence-corrected chi connectivity index (χ2v) is 23.0. The van der Waals surface area contributed by atoms with Crippen molar-refractivity contribution in [3.63, 3.8) is 0 Å². The summed E-state index contributed by atoms with van der Waals surface area (Å²) < 4.78 is 8.39. The van der Waals surface area contributed by atoms with E-state index in [1.165, 1.54) is 16.7 Å². The lowest BCUT2D eigenvalue weighted by Gasteiger charge is -2.45. The third kappa shape index (κ3) is 13.9. The molecule has 0 spiro atoms. The van der Waals surface area contributed by atoms with Crippen molar-refractivity contribution >= 4 is 58.4 Å². The van der Waals surface area contributed by atoms with Crippen LogP contribution < -0.4 is 21.7 Å². The van der Waals surface area contributed by atoms with Gasteiger partial charge in [-0.2, -0.15) is 0 Å². The van der Waals surface area contributed by atoms with Gasteiger partial charge in [0.2, 0.25) is 23.6 Å². The maximum absolute atomic E-state index is 15.7. The molecule has 1 aliphatic heterocycles. The molecular weight excluding hydrogens is 965 g/mol. The molecule has 1 aromatic heterocycles. The van der Waals surface area contributed by atoms with E-state index in [0.29, 0.717) is 12.0 Å². The van der Waals surface area contributed by atoms with Crippen LogP contribution in [0.2, 0.25) is 0 Å². The summed E-state index contributed by atoms with van der Waals surface area (Å²) in [5.74, 6) is -3.43. The first-order valence-electron chi connectivity index (χ1n) is 25.6. The van der Waals surface area contributed by atoms with Gasteiger partial charge >= 0.3 is 12.1 Å². The molecule has 394 valence electrons. The van der Waals surface area contributed by atoms with E-state index in [0.717, 1.165) is 33.2 Å². The van der Waals surface area contributed by atoms with Gasteiger partial charge in [-0.3, -0.25) is 19.2 Å². The van der Waals surface area contributed by atoms with Crippen molar-refractivity contribution in [1.29, 1.82) is 0 Å². The van der Waals surface area contributed by atoms with Crippen LogP contribution in [-0.2, 0) is 51.0 Å². The molecule has 1 fully saturated rings. The van der Waals surface area contributed by atoms with Gasteiger partial charge in [-0.1, -0.05) is 153 Å². The zero-order valence-electron chi connectivity index (χ0n) is 43.8. The average molecular weight is 1040 g/mol. The highest BCUT2D eigenvalue weighted by atomic mass is 32.2. The van der Waals surface area contributed by atoms with Crippen molar-refractivity contribution in [1.82, 2.24) is 25.8 Å². The normalized spacial score (nSPS) is 15.6. The average Bonchev–Trinajstić information content (AvgIpc) is 4.05. The van der Waals surface area contributed by atoms with Crippen LogP contribution in [0.1, 0.15) is 95.5 Å². The number of para-hydroxylation sites is 1. The predicted molar refractivity (Wildman–Crippen MR) is 293 cm³/mol. The molecule has 75 heavy (non-hydrogen) atoms. The van der Waals surface area contributed by atoms with Crippen LogP contribution in [-0.4, -0.2) is 92.7 Å². The number of hydrogen-bond donors (Lipinski definition) is 5. The van der Waals surface area contributed by atoms with Crippen molar-refractivity contribution in [2.75, 3.05) is 6.54 Å². The van der Waals surface area contributed by atoms with Gasteiger partial charge in [-0.05, 0) is 100 Å². The van der Waals surface area contributed by atoms with Gasteiger partial charge in [0.05, 0.1) is 10.8 Å². The first-order valence-corrected chi connectivity index (χ1v) is 26.4. The summed E-state index contributed by atoms with van der Waals surface area (Å²) in [5.41, 5.74) is 10.9. The molecule has 0 bridgehead atoms. The Bertz CT molecular complexity index is 2810. The number of esters is 1. The molecule has 4 amide bonds. The molecule has 1 aliphatic rings. The Kier molecular flexibility index (Phi) is 18.1. The summed E-state index contributed by atoms with van der Waals surface area (Å²) in [5, 5.41) is 9.64. The number of nitrogens with one attached hydrogen (secondary N) is 4. The molecule has 5 aromatic carbocycles. The topological polar surface area (TPSA) is 202 Å². The van der Waals surface area contributed by atoms with Crippen molar-refractivity contribution in [2.24, 2.45) is 11.7 Å². The molecule has 1 saturated heterocycles. The lowest BCUT2D eigenvalue weighted by atomic mass is 9.84. The number of amides is 4. The molecule has 15 heteroatoms. The second-order valence-electron chi connectivity index (χ2n) is 21.1. The smallest absolute Gasteiger partial charge is 0.428 e. The van der Waals surface area contributed by atoms with E-state index in [2.05, 4.69) is 57.3 Å². The highest BCUT2D eigenvalue weighted by Gasteiger charge is 2.50. The highest BCUT2D eigenvalue weighted by molar-refractivity contribution is 8.02. The van der Waals surface area contributed by atoms with Crippen LogP contribution in [0.3, 0.4) is 0 Å². The number of likely N-dealkylation sites (tertiary alicyclic amines) is 1. The standard InChI is InChI=1S/C60H70N6O8S/c1-39(2)35-48(53(68)64-49(56(71)73-57(72)74-58(3,4)5)37-41-38-62-47-32-21-20-31-45(41)47)63-54(69)50-33-22-34-66(50)55(70)51(65-52(67)46(61)36-40-23-12-8-13-24-40)59(6,7)75-60(42-25-14-9-15-26-42,43-27-16-10-17-28-43)44-29-18-11-19-30-44/h8-21,23-32,38-39,46,48-51,62H,22,33-37,61H2,1-7H3,(H,63,69)(H,64,68)(H,65,67)/t46-,48-,49-,50-,51+/m0/s1. The van der Waals surface area contributed by atoms with Crippen LogP contribution in [0, 0.1) is 5.92 Å². The van der Waals surface area contributed by atoms with Crippen molar-refractivity contribution < 1.29 is 38.2 Å². The SMILES string of the molecule is CC(C)C[C@H](NC(=O)[C@@H]1CCCN1C(=O)[C@@H](NC(=O)[C@@H](N)Cc1ccccc1)C(C)(C)SC(c1ccccc1)(c1ccccc1)c1ccccc1)C(=O)N[C@@H](Cc1c[nH]c2ccccc12)C(=O)OC(=O)OC(C)(C)C. The quantitative estimate of drug-likeness (QED) is 0.0280. The minimum absolute atomic E-state index is 0.0549. The molecule has 5 atom stereocenters. The number of hydrogen-bond acceptors (Lipinski definition) is 10. The molecule has 0 aliphatic carbocycles. The number of carbonyl (C=O) groups excluding carboxylic acids is 6. The lowest BCUT2D eigenvalue weighted by molar-refractivity contribution is -0.146. The van der Waals surface area contributed by atoms with Crippen molar-refractivity contribution in [3.05, 3.63) is 180 Å². The Morgan fingerprint density at radius 2 is 1.24 bits per heavy atom. The number of aromatic nitrogens is 1. The summed E-state index contributed by atoms with van der Waals surface area (Å²) in [6, 6.07) is 41.2. The molecular formula is C60H70N6O8S. The van der Waals surface area contributed by atoms with Crippen LogP contribution in [0.15, 0.2) is 152 Å². The van der Waals surface area contributed by atoms with E-state index in [1.54, 1.807) is 27.0 Å². The summed E-state index contributed by atoms with van der Waals surface area (Å²) in [6.07, 6.45) is 1.59. The van der Waals surface area contributed by atoms with Gasteiger partial charge in [-0.25, -0.2) is 9.59 Å². The van der Waals surface area contributed by atoms with E-state index >= 15 is 4.79 Å². The number of benzene rings is 5. The first kappa shape index (κ1) is 55.5. The third-order valence-electron chi connectivity index (χ3n) is 13.3. The number of ether oxygens (including phenoxy) is 2. The summed E-state index contributed by atoms with van der Waals surface area (Å²) in [4.78, 5) is 90.7. The Hall–Kier alpha value is -7.23. The minimum atomic E-state index is -1.37. The summed E-state index contributed by atoms with van der Waals surface area (Å²) >= 11 is 1.53. The van der Waals surface area contributed by atoms with E-state index in [9.17, 15) is 24.0 Å². The Morgan fingerprint density at radius 1 is 0.693 bits per heavy atom. The van der Waals surface area contributed by atoms with E-state index in [1.807, 2.05) is 137 Å². The number of H-pyrrole nitrogens is 1. The first-order chi connectivity index (χ1) is 35.8.